The Hall–Kier alpha value is -2.70. The van der Waals surface area contributed by atoms with Gasteiger partial charge < -0.3 is 4.74 Å². The molecule has 0 spiro atoms. The van der Waals surface area contributed by atoms with Gasteiger partial charge in [-0.1, -0.05) is 41.9 Å². The molecule has 0 radical (unpaired) electrons. The Morgan fingerprint density at radius 3 is 2.81 bits per heavy atom. The zero-order valence-corrected chi connectivity index (χ0v) is 15.8. The number of hydrogen-bond donors (Lipinski definition) is 1. The minimum atomic E-state index is -0.104. The van der Waals surface area contributed by atoms with E-state index in [2.05, 4.69) is 15.5 Å². The number of hydrazone groups is 1. The minimum absolute atomic E-state index is 0.104. The molecule has 27 heavy (non-hydrogen) atoms. The highest BCUT2D eigenvalue weighted by Gasteiger charge is 2.10. The van der Waals surface area contributed by atoms with Crippen LogP contribution in [0.5, 0.6) is 0 Å². The molecular weight excluding hydrogens is 364 g/mol. The van der Waals surface area contributed by atoms with Crippen molar-refractivity contribution in [2.24, 2.45) is 5.10 Å². The van der Waals surface area contributed by atoms with E-state index in [1.165, 1.54) is 0 Å². The summed E-state index contributed by atoms with van der Waals surface area (Å²) in [5, 5.41) is 5.39. The highest BCUT2D eigenvalue weighted by molar-refractivity contribution is 6.33. The fourth-order valence-electron chi connectivity index (χ4n) is 2.67. The monoisotopic (exact) mass is 384 g/mol. The predicted octanol–water partition coefficient (Wildman–Crippen LogP) is 3.92. The van der Waals surface area contributed by atoms with Crippen molar-refractivity contribution in [1.29, 1.82) is 0 Å². The van der Waals surface area contributed by atoms with Crippen molar-refractivity contribution in [2.75, 3.05) is 18.6 Å². The first kappa shape index (κ1) is 19.1. The number of fused-ring (bicyclic) bond motifs is 1. The molecule has 140 valence electrons. The van der Waals surface area contributed by atoms with E-state index in [9.17, 15) is 4.79 Å². The number of aromatic nitrogens is 2. The Bertz CT molecular complexity index is 1000. The largest absolute Gasteiger partial charge is 0.382 e. The van der Waals surface area contributed by atoms with E-state index >= 15 is 0 Å². The second-order valence-corrected chi connectivity index (χ2v) is 6.26. The molecule has 6 nitrogen and oxygen atoms in total. The Morgan fingerprint density at radius 1 is 1.22 bits per heavy atom. The summed E-state index contributed by atoms with van der Waals surface area (Å²) < 4.78 is 6.96. The summed E-state index contributed by atoms with van der Waals surface area (Å²) >= 11 is 6.14. The van der Waals surface area contributed by atoms with Crippen LogP contribution in [0, 0.1) is 0 Å². The van der Waals surface area contributed by atoms with E-state index in [0.717, 1.165) is 5.56 Å². The van der Waals surface area contributed by atoms with Crippen LogP contribution in [-0.2, 0) is 11.3 Å². The standard InChI is InChI=1S/C20H21ClN4O2/c1-2-27-13-7-12-25-19(26)16-9-4-6-11-18(16)23-20(25)24-22-14-15-8-3-5-10-17(15)21/h3-6,8-11,14H,2,7,12-13H2,1H3,(H,23,24)/b22-14-. The van der Waals surface area contributed by atoms with Crippen molar-refractivity contribution in [2.45, 2.75) is 19.9 Å². The van der Waals surface area contributed by atoms with E-state index in [4.69, 9.17) is 16.3 Å². The SMILES string of the molecule is CCOCCCn1c(N/N=C\c2ccccc2Cl)nc2ccccc2c1=O. The van der Waals surface area contributed by atoms with Crippen molar-refractivity contribution < 1.29 is 4.74 Å². The van der Waals surface area contributed by atoms with Gasteiger partial charge in [0.05, 0.1) is 17.1 Å². The Labute approximate surface area is 162 Å². The molecule has 0 saturated heterocycles. The van der Waals surface area contributed by atoms with E-state index in [1.807, 2.05) is 43.3 Å². The minimum Gasteiger partial charge on any atom is -0.382 e. The van der Waals surface area contributed by atoms with Gasteiger partial charge in [0.2, 0.25) is 5.95 Å². The molecule has 3 aromatic rings. The number of hydrogen-bond acceptors (Lipinski definition) is 5. The van der Waals surface area contributed by atoms with Gasteiger partial charge in [-0.25, -0.2) is 10.4 Å². The van der Waals surface area contributed by atoms with Crippen molar-refractivity contribution in [3.63, 3.8) is 0 Å². The lowest BCUT2D eigenvalue weighted by molar-refractivity contribution is 0.141. The quantitative estimate of drug-likeness (QED) is 0.363. The van der Waals surface area contributed by atoms with Crippen LogP contribution in [0.15, 0.2) is 58.4 Å². The summed E-state index contributed by atoms with van der Waals surface area (Å²) in [6.45, 7) is 3.66. The number of rotatable bonds is 8. The molecule has 0 aliphatic heterocycles. The average molecular weight is 385 g/mol. The molecule has 0 bridgehead atoms. The molecule has 1 aromatic heterocycles. The van der Waals surface area contributed by atoms with Crippen molar-refractivity contribution in [3.05, 3.63) is 69.5 Å². The van der Waals surface area contributed by atoms with Crippen LogP contribution in [0.1, 0.15) is 18.9 Å². The molecule has 0 aliphatic carbocycles. The maximum Gasteiger partial charge on any atom is 0.262 e. The number of anilines is 1. The smallest absolute Gasteiger partial charge is 0.262 e. The van der Waals surface area contributed by atoms with Gasteiger partial charge in [-0.15, -0.1) is 0 Å². The Balaban J connectivity index is 1.89. The third-order valence-electron chi connectivity index (χ3n) is 4.01. The van der Waals surface area contributed by atoms with Gasteiger partial charge in [-0.05, 0) is 31.5 Å². The van der Waals surface area contributed by atoms with Crippen LogP contribution < -0.4 is 11.0 Å². The van der Waals surface area contributed by atoms with Crippen LogP contribution >= 0.6 is 11.6 Å². The number of ether oxygens (including phenoxy) is 1. The highest BCUT2D eigenvalue weighted by atomic mass is 35.5. The maximum absolute atomic E-state index is 12.9. The normalized spacial score (nSPS) is 11.3. The number of para-hydroxylation sites is 1. The molecule has 3 rings (SSSR count). The predicted molar refractivity (Wildman–Crippen MR) is 110 cm³/mol. The van der Waals surface area contributed by atoms with Gasteiger partial charge in [-0.2, -0.15) is 5.10 Å². The first-order chi connectivity index (χ1) is 13.2. The summed E-state index contributed by atoms with van der Waals surface area (Å²) in [4.78, 5) is 17.4. The molecule has 1 heterocycles. The van der Waals surface area contributed by atoms with E-state index in [-0.39, 0.29) is 5.56 Å². The van der Waals surface area contributed by atoms with Crippen LogP contribution in [0.3, 0.4) is 0 Å². The van der Waals surface area contributed by atoms with Crippen molar-refractivity contribution in [1.82, 2.24) is 9.55 Å². The van der Waals surface area contributed by atoms with Gasteiger partial charge in [0.25, 0.3) is 5.56 Å². The molecule has 0 unspecified atom stereocenters. The molecular formula is C20H21ClN4O2. The molecule has 1 N–H and O–H groups in total. The molecule has 7 heteroatoms. The second kappa shape index (κ2) is 9.30. The lowest BCUT2D eigenvalue weighted by Gasteiger charge is -2.12. The van der Waals surface area contributed by atoms with Crippen molar-refractivity contribution in [3.8, 4) is 0 Å². The summed E-state index contributed by atoms with van der Waals surface area (Å²) in [6, 6.07) is 14.7. The molecule has 0 fully saturated rings. The van der Waals surface area contributed by atoms with Gasteiger partial charge >= 0.3 is 0 Å². The van der Waals surface area contributed by atoms with Gasteiger partial charge in [0.1, 0.15) is 0 Å². The highest BCUT2D eigenvalue weighted by Crippen LogP contribution is 2.14. The van der Waals surface area contributed by atoms with E-state index in [1.54, 1.807) is 22.9 Å². The Kier molecular flexibility index (Phi) is 6.57. The first-order valence-electron chi connectivity index (χ1n) is 8.81. The van der Waals surface area contributed by atoms with E-state index < -0.39 is 0 Å². The fourth-order valence-corrected chi connectivity index (χ4v) is 2.85. The zero-order chi connectivity index (χ0) is 19.1. The maximum atomic E-state index is 12.9. The third-order valence-corrected chi connectivity index (χ3v) is 4.35. The molecule has 0 atom stereocenters. The summed E-state index contributed by atoms with van der Waals surface area (Å²) in [7, 11) is 0. The summed E-state index contributed by atoms with van der Waals surface area (Å²) in [5.74, 6) is 0.388. The fraction of sp³-hybridized carbons (Fsp3) is 0.250. The summed E-state index contributed by atoms with van der Waals surface area (Å²) in [6.07, 6.45) is 2.31. The molecule has 0 aliphatic rings. The number of benzene rings is 2. The van der Waals surface area contributed by atoms with Crippen LogP contribution in [0.25, 0.3) is 10.9 Å². The lowest BCUT2D eigenvalue weighted by Crippen LogP contribution is -2.25. The lowest BCUT2D eigenvalue weighted by atomic mass is 10.2. The molecule has 2 aromatic carbocycles. The second-order valence-electron chi connectivity index (χ2n) is 5.85. The average Bonchev–Trinajstić information content (AvgIpc) is 2.68. The summed E-state index contributed by atoms with van der Waals surface area (Å²) in [5.41, 5.74) is 4.18. The van der Waals surface area contributed by atoms with Crippen LogP contribution in [0.2, 0.25) is 5.02 Å². The number of halogens is 1. The van der Waals surface area contributed by atoms with Crippen LogP contribution in [-0.4, -0.2) is 29.0 Å². The Morgan fingerprint density at radius 2 is 2.00 bits per heavy atom. The van der Waals surface area contributed by atoms with Crippen LogP contribution in [0.4, 0.5) is 5.95 Å². The topological polar surface area (TPSA) is 68.5 Å². The van der Waals surface area contributed by atoms with E-state index in [0.29, 0.717) is 48.1 Å². The number of nitrogens with one attached hydrogen (secondary N) is 1. The first-order valence-corrected chi connectivity index (χ1v) is 9.19. The van der Waals surface area contributed by atoms with Gasteiger partial charge in [0, 0.05) is 30.3 Å². The number of nitrogens with zero attached hydrogens (tertiary/aromatic N) is 3. The zero-order valence-electron chi connectivity index (χ0n) is 15.1. The molecule has 0 amide bonds. The van der Waals surface area contributed by atoms with Gasteiger partial charge in [0.15, 0.2) is 0 Å². The third kappa shape index (κ3) is 4.72. The van der Waals surface area contributed by atoms with Gasteiger partial charge in [-0.3, -0.25) is 9.36 Å². The van der Waals surface area contributed by atoms with Crippen molar-refractivity contribution >= 4 is 34.7 Å². The molecule has 0 saturated carbocycles.